The summed E-state index contributed by atoms with van der Waals surface area (Å²) < 4.78 is 38.3. The topological polar surface area (TPSA) is 128 Å². The van der Waals surface area contributed by atoms with E-state index in [2.05, 4.69) is 10.0 Å². The van der Waals surface area contributed by atoms with Gasteiger partial charge in [0.15, 0.2) is 0 Å². The molecular formula is C28H35F2N5O5. The average molecular weight is 560 g/mol. The second-order valence-electron chi connectivity index (χ2n) is 9.90. The minimum atomic E-state index is -1.55. The van der Waals surface area contributed by atoms with Crippen molar-refractivity contribution in [1.29, 1.82) is 0 Å². The third kappa shape index (κ3) is 9.69. The van der Waals surface area contributed by atoms with Crippen molar-refractivity contribution in [3.8, 4) is 0 Å². The third-order valence-corrected chi connectivity index (χ3v) is 6.95. The largest absolute Gasteiger partial charge is 0.445 e. The Morgan fingerprint density at radius 3 is 1.57 bits per heavy atom. The van der Waals surface area contributed by atoms with E-state index >= 15 is 0 Å². The summed E-state index contributed by atoms with van der Waals surface area (Å²) in [7, 11) is 0. The Bertz CT molecular complexity index is 1120. The maximum absolute atomic E-state index is 14.2. The number of nitrogens with zero attached hydrogens (tertiary/aromatic N) is 5. The first-order valence-electron chi connectivity index (χ1n) is 13.2. The monoisotopic (exact) mass is 559 g/mol. The van der Waals surface area contributed by atoms with Crippen molar-refractivity contribution in [2.45, 2.75) is 50.2 Å². The Labute approximate surface area is 232 Å². The van der Waals surface area contributed by atoms with Gasteiger partial charge >= 0.3 is 12.2 Å². The summed E-state index contributed by atoms with van der Waals surface area (Å²) >= 11 is 0. The Morgan fingerprint density at radius 1 is 0.800 bits per heavy atom. The van der Waals surface area contributed by atoms with E-state index in [-0.39, 0.29) is 71.6 Å². The molecule has 0 aromatic heterocycles. The van der Waals surface area contributed by atoms with E-state index in [1.807, 2.05) is 60.7 Å². The molecule has 10 nitrogen and oxygen atoms in total. The first-order chi connectivity index (χ1) is 19.3. The van der Waals surface area contributed by atoms with E-state index in [0.717, 1.165) is 11.1 Å². The number of hydrogen-bond donors (Lipinski definition) is 1. The summed E-state index contributed by atoms with van der Waals surface area (Å²) in [5.41, 5.74) is 7.01. The molecule has 0 unspecified atom stereocenters. The summed E-state index contributed by atoms with van der Waals surface area (Å²) in [5.74, 6) is 0. The van der Waals surface area contributed by atoms with Crippen LogP contribution in [0.2, 0.25) is 0 Å². The lowest BCUT2D eigenvalue weighted by atomic mass is 9.94. The number of aliphatic hydroxyl groups excluding tert-OH is 1. The van der Waals surface area contributed by atoms with Crippen LogP contribution >= 0.6 is 0 Å². The Morgan fingerprint density at radius 2 is 1.20 bits per heavy atom. The standard InChI is InChI=1S/C14H17FN4O2.C14H18FNO3/c15-14(11-17-18-16)6-8-19(9-7-14)13(20)21-10-12-4-2-1-3-5-12;15-14(11-17)6-8-16(9-7-14)13(18)19-10-12-4-2-1-3-5-12/h1-5H,6-11H2;1-5,17H,6-11H2. The molecular weight excluding hydrogens is 524 g/mol. The molecule has 4 rings (SSSR count). The van der Waals surface area contributed by atoms with Gasteiger partial charge in [-0.25, -0.2) is 18.4 Å². The second kappa shape index (κ2) is 15.0. The molecule has 216 valence electrons. The van der Waals surface area contributed by atoms with Crippen LogP contribution in [0.25, 0.3) is 10.4 Å². The van der Waals surface area contributed by atoms with E-state index in [4.69, 9.17) is 20.1 Å². The molecule has 0 atom stereocenters. The number of halogens is 2. The van der Waals surface area contributed by atoms with Crippen molar-refractivity contribution in [3.63, 3.8) is 0 Å². The maximum atomic E-state index is 14.2. The van der Waals surface area contributed by atoms with Gasteiger partial charge in [-0.15, -0.1) is 0 Å². The number of amides is 2. The predicted octanol–water partition coefficient (Wildman–Crippen LogP) is 5.56. The number of azide groups is 1. The zero-order valence-corrected chi connectivity index (χ0v) is 22.3. The van der Waals surface area contributed by atoms with E-state index in [1.165, 1.54) is 9.80 Å². The second-order valence-corrected chi connectivity index (χ2v) is 9.90. The minimum absolute atomic E-state index is 0.157. The van der Waals surface area contributed by atoms with Crippen LogP contribution in [-0.2, 0) is 22.7 Å². The highest BCUT2D eigenvalue weighted by Crippen LogP contribution is 2.28. The number of hydrogen-bond acceptors (Lipinski definition) is 6. The van der Waals surface area contributed by atoms with E-state index < -0.39 is 30.1 Å². The molecule has 0 spiro atoms. The summed E-state index contributed by atoms with van der Waals surface area (Å²) in [6.07, 6.45) is -0.235. The summed E-state index contributed by atoms with van der Waals surface area (Å²) in [4.78, 5) is 29.2. The molecule has 0 bridgehead atoms. The zero-order chi connectivity index (χ0) is 28.8. The van der Waals surface area contributed by atoms with Crippen LogP contribution in [0.5, 0.6) is 0 Å². The molecule has 12 heteroatoms. The number of alkyl halides is 2. The smallest absolute Gasteiger partial charge is 0.410 e. The van der Waals surface area contributed by atoms with E-state index in [0.29, 0.717) is 0 Å². The Hall–Kier alpha value is -3.89. The van der Waals surface area contributed by atoms with E-state index in [1.54, 1.807) is 0 Å². The number of carbonyl (C=O) groups is 2. The first-order valence-corrected chi connectivity index (χ1v) is 13.2. The van der Waals surface area contributed by atoms with Crippen LogP contribution in [0.4, 0.5) is 18.4 Å². The average Bonchev–Trinajstić information content (AvgIpc) is 3.00. The van der Waals surface area contributed by atoms with Crippen LogP contribution in [0.15, 0.2) is 65.8 Å². The van der Waals surface area contributed by atoms with Crippen LogP contribution in [0, 0.1) is 0 Å². The van der Waals surface area contributed by atoms with Crippen molar-refractivity contribution in [1.82, 2.24) is 9.80 Å². The minimum Gasteiger partial charge on any atom is -0.445 e. The highest BCUT2D eigenvalue weighted by atomic mass is 19.1. The van der Waals surface area contributed by atoms with Gasteiger partial charge in [0.2, 0.25) is 0 Å². The number of ether oxygens (including phenoxy) is 2. The maximum Gasteiger partial charge on any atom is 0.410 e. The van der Waals surface area contributed by atoms with Gasteiger partial charge in [0, 0.05) is 43.9 Å². The molecule has 1 N–H and O–H groups in total. The summed E-state index contributed by atoms with van der Waals surface area (Å²) in [6, 6.07) is 18.8. The van der Waals surface area contributed by atoms with Crippen molar-refractivity contribution >= 4 is 12.2 Å². The van der Waals surface area contributed by atoms with Gasteiger partial charge in [-0.2, -0.15) is 0 Å². The molecule has 2 aromatic carbocycles. The molecule has 0 saturated carbocycles. The zero-order valence-electron chi connectivity index (χ0n) is 22.3. The number of likely N-dealkylation sites (tertiary alicyclic amines) is 2. The molecule has 2 heterocycles. The predicted molar refractivity (Wildman–Crippen MR) is 144 cm³/mol. The molecule has 2 saturated heterocycles. The van der Waals surface area contributed by atoms with Crippen molar-refractivity contribution in [2.75, 3.05) is 39.3 Å². The molecule has 2 aromatic rings. The summed E-state index contributed by atoms with van der Waals surface area (Å²) in [6.45, 7) is 0.856. The van der Waals surface area contributed by atoms with Gasteiger partial charge in [-0.05, 0) is 29.5 Å². The fourth-order valence-corrected chi connectivity index (χ4v) is 4.28. The van der Waals surface area contributed by atoms with Crippen molar-refractivity contribution in [2.24, 2.45) is 5.11 Å². The van der Waals surface area contributed by atoms with Crippen LogP contribution in [0.1, 0.15) is 36.8 Å². The van der Waals surface area contributed by atoms with Gasteiger partial charge < -0.3 is 24.4 Å². The van der Waals surface area contributed by atoms with Crippen molar-refractivity contribution in [3.05, 3.63) is 82.2 Å². The SMILES string of the molecule is O=C(OCc1ccccc1)N1CCC(F)(CO)CC1.[N-]=[N+]=NCC1(F)CCN(C(=O)OCc2ccccc2)CC1. The Kier molecular flexibility index (Phi) is 11.5. The van der Waals surface area contributed by atoms with Gasteiger partial charge in [-0.3, -0.25) is 0 Å². The highest BCUT2D eigenvalue weighted by molar-refractivity contribution is 5.68. The number of carbonyl (C=O) groups excluding carboxylic acids is 2. The van der Waals surface area contributed by atoms with E-state index in [9.17, 15) is 18.4 Å². The number of aliphatic hydroxyl groups is 1. The molecule has 2 aliphatic rings. The van der Waals surface area contributed by atoms with Crippen LogP contribution in [0.3, 0.4) is 0 Å². The molecule has 40 heavy (non-hydrogen) atoms. The third-order valence-electron chi connectivity index (χ3n) is 6.95. The van der Waals surface area contributed by atoms with Gasteiger partial charge in [0.25, 0.3) is 0 Å². The summed E-state index contributed by atoms with van der Waals surface area (Å²) in [5, 5.41) is 12.2. The molecule has 2 amide bonds. The van der Waals surface area contributed by atoms with Gasteiger partial charge in [0.1, 0.15) is 24.6 Å². The number of benzene rings is 2. The lowest BCUT2D eigenvalue weighted by Gasteiger charge is -2.34. The van der Waals surface area contributed by atoms with Crippen molar-refractivity contribution < 1.29 is 33.0 Å². The quantitative estimate of drug-likeness (QED) is 0.270. The fourth-order valence-electron chi connectivity index (χ4n) is 4.28. The van der Waals surface area contributed by atoms with Gasteiger partial charge in [-0.1, -0.05) is 65.8 Å². The molecule has 2 aliphatic heterocycles. The molecule has 2 fully saturated rings. The van der Waals surface area contributed by atoms with Gasteiger partial charge in [0.05, 0.1) is 13.2 Å². The lowest BCUT2D eigenvalue weighted by molar-refractivity contribution is 0.00532. The Balaban J connectivity index is 0.000000222. The van der Waals surface area contributed by atoms with Crippen LogP contribution in [-0.4, -0.2) is 77.8 Å². The normalized spacial score (nSPS) is 17.5. The highest BCUT2D eigenvalue weighted by Gasteiger charge is 2.36. The lowest BCUT2D eigenvalue weighted by Crippen LogP contribution is -2.46. The number of piperidine rings is 2. The molecule has 0 aliphatic carbocycles. The number of rotatable bonds is 7. The molecule has 0 radical (unpaired) electrons. The first kappa shape index (κ1) is 30.6. The fraction of sp³-hybridized carbons (Fsp3) is 0.500. The van der Waals surface area contributed by atoms with Crippen LogP contribution < -0.4 is 0 Å².